The fourth-order valence-electron chi connectivity index (χ4n) is 1.15. The van der Waals surface area contributed by atoms with E-state index in [1.807, 2.05) is 0 Å². The van der Waals surface area contributed by atoms with E-state index in [-0.39, 0.29) is 24.6 Å². The Labute approximate surface area is 109 Å². The summed E-state index contributed by atoms with van der Waals surface area (Å²) in [5.41, 5.74) is 4.61. The molecule has 0 aromatic heterocycles. The Morgan fingerprint density at radius 1 is 1.44 bits per heavy atom. The molecular formula is C11H14ClF3N2O. The molecule has 0 saturated heterocycles. The van der Waals surface area contributed by atoms with Crippen molar-refractivity contribution in [2.75, 3.05) is 11.9 Å². The number of nitrogens with two attached hydrogens (primary N) is 1. The van der Waals surface area contributed by atoms with Crippen molar-refractivity contribution in [3.05, 3.63) is 29.8 Å². The standard InChI is InChI=1S/C11H13F3N2O.ClH/c1-7(6-15)10(17)16-9-4-2-3-8(5-9)11(12,13)14;/h2-5,7H,6,15H2,1H3,(H,16,17);1H. The SMILES string of the molecule is CC(CN)C(=O)Nc1cccc(C(F)(F)F)c1.Cl. The van der Waals surface area contributed by atoms with Crippen molar-refractivity contribution in [1.29, 1.82) is 0 Å². The van der Waals surface area contributed by atoms with Gasteiger partial charge in [-0.15, -0.1) is 12.4 Å². The van der Waals surface area contributed by atoms with E-state index in [0.717, 1.165) is 12.1 Å². The van der Waals surface area contributed by atoms with Crippen LogP contribution in [0.5, 0.6) is 0 Å². The number of hydrogen-bond donors (Lipinski definition) is 2. The van der Waals surface area contributed by atoms with Crippen LogP contribution in [0.3, 0.4) is 0 Å². The van der Waals surface area contributed by atoms with Crippen LogP contribution in [0.25, 0.3) is 0 Å². The van der Waals surface area contributed by atoms with Gasteiger partial charge in [0.25, 0.3) is 0 Å². The molecule has 0 saturated carbocycles. The third kappa shape index (κ3) is 4.54. The van der Waals surface area contributed by atoms with E-state index >= 15 is 0 Å². The minimum Gasteiger partial charge on any atom is -0.330 e. The number of benzene rings is 1. The summed E-state index contributed by atoms with van der Waals surface area (Å²) in [5, 5.41) is 2.39. The largest absolute Gasteiger partial charge is 0.416 e. The number of hydrogen-bond acceptors (Lipinski definition) is 2. The molecular weight excluding hydrogens is 269 g/mol. The van der Waals surface area contributed by atoms with Crippen LogP contribution in [0, 0.1) is 5.92 Å². The maximum atomic E-state index is 12.4. The summed E-state index contributed by atoms with van der Waals surface area (Å²) in [6, 6.07) is 4.48. The number of halogens is 4. The molecule has 0 radical (unpaired) electrons. The molecule has 0 heterocycles. The molecule has 0 aliphatic rings. The molecule has 1 aromatic carbocycles. The van der Waals surface area contributed by atoms with Gasteiger partial charge in [0.2, 0.25) is 5.91 Å². The van der Waals surface area contributed by atoms with Crippen LogP contribution in [0.4, 0.5) is 18.9 Å². The quantitative estimate of drug-likeness (QED) is 0.895. The van der Waals surface area contributed by atoms with Gasteiger partial charge in [0, 0.05) is 18.2 Å². The predicted octanol–water partition coefficient (Wildman–Crippen LogP) is 2.66. The van der Waals surface area contributed by atoms with Gasteiger partial charge in [0.15, 0.2) is 0 Å². The second-order valence-corrected chi connectivity index (χ2v) is 3.70. The lowest BCUT2D eigenvalue weighted by atomic mass is 10.1. The van der Waals surface area contributed by atoms with Gasteiger partial charge in [-0.1, -0.05) is 13.0 Å². The molecule has 1 atom stereocenters. The Morgan fingerprint density at radius 2 is 2.06 bits per heavy atom. The zero-order valence-electron chi connectivity index (χ0n) is 9.62. The highest BCUT2D eigenvalue weighted by molar-refractivity contribution is 5.92. The molecule has 0 spiro atoms. The Kier molecular flexibility index (Phi) is 6.14. The molecule has 1 aromatic rings. The van der Waals surface area contributed by atoms with E-state index in [9.17, 15) is 18.0 Å². The maximum Gasteiger partial charge on any atom is 0.416 e. The number of rotatable bonds is 3. The molecule has 7 heteroatoms. The van der Waals surface area contributed by atoms with Crippen LogP contribution >= 0.6 is 12.4 Å². The highest BCUT2D eigenvalue weighted by atomic mass is 35.5. The molecule has 18 heavy (non-hydrogen) atoms. The Bertz CT molecular complexity index is 410. The Balaban J connectivity index is 0.00000289. The monoisotopic (exact) mass is 282 g/mol. The number of anilines is 1. The van der Waals surface area contributed by atoms with Crippen LogP contribution in [0.2, 0.25) is 0 Å². The van der Waals surface area contributed by atoms with Gasteiger partial charge in [0.1, 0.15) is 0 Å². The van der Waals surface area contributed by atoms with Crippen molar-refractivity contribution >= 4 is 24.0 Å². The minimum absolute atomic E-state index is 0. The number of carbonyl (C=O) groups excluding carboxylic acids is 1. The van der Waals surface area contributed by atoms with Crippen molar-refractivity contribution in [2.45, 2.75) is 13.1 Å². The molecule has 102 valence electrons. The fourth-order valence-corrected chi connectivity index (χ4v) is 1.15. The lowest BCUT2D eigenvalue weighted by molar-refractivity contribution is -0.137. The predicted molar refractivity (Wildman–Crippen MR) is 65.5 cm³/mol. The molecule has 1 rings (SSSR count). The van der Waals surface area contributed by atoms with E-state index in [2.05, 4.69) is 5.32 Å². The van der Waals surface area contributed by atoms with Gasteiger partial charge in [-0.25, -0.2) is 0 Å². The van der Waals surface area contributed by atoms with Gasteiger partial charge in [-0.3, -0.25) is 4.79 Å². The molecule has 0 fully saturated rings. The third-order valence-electron chi connectivity index (χ3n) is 2.26. The third-order valence-corrected chi connectivity index (χ3v) is 2.26. The Hall–Kier alpha value is -1.27. The summed E-state index contributed by atoms with van der Waals surface area (Å²) in [6.45, 7) is 1.74. The fraction of sp³-hybridized carbons (Fsp3) is 0.364. The van der Waals surface area contributed by atoms with Crippen molar-refractivity contribution in [2.24, 2.45) is 11.7 Å². The lowest BCUT2D eigenvalue weighted by Gasteiger charge is -2.12. The van der Waals surface area contributed by atoms with Gasteiger partial charge in [-0.05, 0) is 18.2 Å². The summed E-state index contributed by atoms with van der Waals surface area (Å²) in [4.78, 5) is 11.4. The van der Waals surface area contributed by atoms with Crippen LogP contribution < -0.4 is 11.1 Å². The van der Waals surface area contributed by atoms with Crippen molar-refractivity contribution < 1.29 is 18.0 Å². The van der Waals surface area contributed by atoms with Crippen LogP contribution in [0.1, 0.15) is 12.5 Å². The van der Waals surface area contributed by atoms with Gasteiger partial charge >= 0.3 is 6.18 Å². The molecule has 1 unspecified atom stereocenters. The van der Waals surface area contributed by atoms with Crippen molar-refractivity contribution in [3.8, 4) is 0 Å². The summed E-state index contributed by atoms with van der Waals surface area (Å²) in [7, 11) is 0. The smallest absolute Gasteiger partial charge is 0.330 e. The maximum absolute atomic E-state index is 12.4. The topological polar surface area (TPSA) is 55.1 Å². The number of alkyl halides is 3. The van der Waals surface area contributed by atoms with Crippen LogP contribution in [-0.2, 0) is 11.0 Å². The molecule has 1 amide bonds. The average Bonchev–Trinajstić information content (AvgIpc) is 2.27. The first-order valence-corrected chi connectivity index (χ1v) is 5.02. The number of amides is 1. The van der Waals surface area contributed by atoms with Crippen LogP contribution in [0.15, 0.2) is 24.3 Å². The highest BCUT2D eigenvalue weighted by Crippen LogP contribution is 2.30. The normalized spacial score (nSPS) is 12.5. The first kappa shape index (κ1) is 16.7. The Morgan fingerprint density at radius 3 is 2.56 bits per heavy atom. The first-order chi connectivity index (χ1) is 7.84. The van der Waals surface area contributed by atoms with Crippen molar-refractivity contribution in [3.63, 3.8) is 0 Å². The molecule has 0 bridgehead atoms. The summed E-state index contributed by atoms with van der Waals surface area (Å²) in [6.07, 6.45) is -4.42. The van der Waals surface area contributed by atoms with Gasteiger partial charge in [0.05, 0.1) is 5.56 Å². The molecule has 3 nitrogen and oxygen atoms in total. The second-order valence-electron chi connectivity index (χ2n) is 3.70. The number of carbonyl (C=O) groups is 1. The number of nitrogens with one attached hydrogen (secondary N) is 1. The average molecular weight is 283 g/mol. The lowest BCUT2D eigenvalue weighted by Crippen LogP contribution is -2.26. The van der Waals surface area contributed by atoms with Crippen molar-refractivity contribution in [1.82, 2.24) is 0 Å². The van der Waals surface area contributed by atoms with E-state index < -0.39 is 23.6 Å². The van der Waals surface area contributed by atoms with Gasteiger partial charge < -0.3 is 11.1 Å². The van der Waals surface area contributed by atoms with E-state index in [1.54, 1.807) is 6.92 Å². The second kappa shape index (κ2) is 6.61. The molecule has 3 N–H and O–H groups in total. The summed E-state index contributed by atoms with van der Waals surface area (Å²) >= 11 is 0. The van der Waals surface area contributed by atoms with E-state index in [0.29, 0.717) is 0 Å². The zero-order valence-corrected chi connectivity index (χ0v) is 10.4. The highest BCUT2D eigenvalue weighted by Gasteiger charge is 2.30. The summed E-state index contributed by atoms with van der Waals surface area (Å²) < 4.78 is 37.2. The van der Waals surface area contributed by atoms with E-state index in [4.69, 9.17) is 5.73 Å². The molecule has 0 aliphatic heterocycles. The van der Waals surface area contributed by atoms with Crippen LogP contribution in [-0.4, -0.2) is 12.5 Å². The molecule has 0 aliphatic carbocycles. The first-order valence-electron chi connectivity index (χ1n) is 5.02. The van der Waals surface area contributed by atoms with E-state index in [1.165, 1.54) is 12.1 Å². The zero-order chi connectivity index (χ0) is 13.1. The minimum atomic E-state index is -4.42. The summed E-state index contributed by atoms with van der Waals surface area (Å²) in [5.74, 6) is -0.837. The van der Waals surface area contributed by atoms with Gasteiger partial charge in [-0.2, -0.15) is 13.2 Å².